The summed E-state index contributed by atoms with van der Waals surface area (Å²) in [6, 6.07) is 0. The van der Waals surface area contributed by atoms with Crippen molar-refractivity contribution in [3.8, 4) is 0 Å². The number of aliphatic hydroxyl groups is 1. The van der Waals surface area contributed by atoms with Gasteiger partial charge in [-0.15, -0.1) is 0 Å². The Hall–Kier alpha value is -0.410. The number of hydrogen-bond donors (Lipinski definition) is 1. The van der Waals surface area contributed by atoms with E-state index in [1.54, 1.807) is 0 Å². The molecule has 1 N–H and O–H groups in total. The Morgan fingerprint density at radius 1 is 1.17 bits per heavy atom. The van der Waals surface area contributed by atoms with Crippen LogP contribution >= 0.6 is 0 Å². The van der Waals surface area contributed by atoms with E-state index in [0.29, 0.717) is 0 Å². The van der Waals surface area contributed by atoms with Crippen molar-refractivity contribution in [1.82, 2.24) is 4.90 Å². The minimum Gasteiger partial charge on any atom is -0.379 e. The van der Waals surface area contributed by atoms with Gasteiger partial charge in [0, 0.05) is 12.8 Å². The standard InChI is InChI=1S/C15H30N2O/c1-3-4-5-6-7-8-9-10-11-15-16-12-13-17(15)14(2)18/h12,14-15,18H,3-11,13H2,1-2H3. The van der Waals surface area contributed by atoms with Gasteiger partial charge in [0.1, 0.15) is 12.4 Å². The molecule has 0 saturated carbocycles. The summed E-state index contributed by atoms with van der Waals surface area (Å²) in [5, 5.41) is 9.59. The lowest BCUT2D eigenvalue weighted by molar-refractivity contribution is 0.00710. The molecule has 0 radical (unpaired) electrons. The SMILES string of the molecule is CCCCCCCCCCC1N=CCN1C(C)O. The van der Waals surface area contributed by atoms with Crippen LogP contribution in [0.15, 0.2) is 4.99 Å². The molecule has 3 heteroatoms. The van der Waals surface area contributed by atoms with Gasteiger partial charge in [0.05, 0.1) is 0 Å². The predicted molar refractivity (Wildman–Crippen MR) is 77.9 cm³/mol. The molecule has 0 saturated heterocycles. The van der Waals surface area contributed by atoms with E-state index in [4.69, 9.17) is 0 Å². The molecule has 1 heterocycles. The van der Waals surface area contributed by atoms with Crippen molar-refractivity contribution in [2.45, 2.75) is 84.0 Å². The monoisotopic (exact) mass is 254 g/mol. The predicted octanol–water partition coefficient (Wildman–Crippen LogP) is 3.57. The lowest BCUT2D eigenvalue weighted by atomic mass is 10.1. The lowest BCUT2D eigenvalue weighted by Crippen LogP contribution is -2.37. The van der Waals surface area contributed by atoms with Crippen LogP contribution in [0.3, 0.4) is 0 Å². The van der Waals surface area contributed by atoms with Gasteiger partial charge in [-0.1, -0.05) is 51.9 Å². The quantitative estimate of drug-likeness (QED) is 0.605. The van der Waals surface area contributed by atoms with Crippen LogP contribution in [0.1, 0.15) is 71.6 Å². The first-order chi connectivity index (χ1) is 8.75. The third-order valence-corrected chi connectivity index (χ3v) is 3.75. The fourth-order valence-corrected chi connectivity index (χ4v) is 2.57. The molecule has 2 unspecified atom stereocenters. The molecule has 0 fully saturated rings. The van der Waals surface area contributed by atoms with Gasteiger partial charge >= 0.3 is 0 Å². The molecule has 2 atom stereocenters. The molecule has 106 valence electrons. The number of aliphatic hydroxyl groups excluding tert-OH is 1. The first kappa shape index (κ1) is 15.6. The molecular formula is C15H30N2O. The highest BCUT2D eigenvalue weighted by Gasteiger charge is 2.23. The van der Waals surface area contributed by atoms with E-state index < -0.39 is 0 Å². The Kier molecular flexibility index (Phi) is 8.27. The largest absolute Gasteiger partial charge is 0.379 e. The van der Waals surface area contributed by atoms with Crippen LogP contribution in [0.5, 0.6) is 0 Å². The summed E-state index contributed by atoms with van der Waals surface area (Å²) in [5.41, 5.74) is 0. The van der Waals surface area contributed by atoms with Crippen molar-refractivity contribution in [3.63, 3.8) is 0 Å². The summed E-state index contributed by atoms with van der Waals surface area (Å²) in [6.07, 6.45) is 13.7. The fourth-order valence-electron chi connectivity index (χ4n) is 2.57. The van der Waals surface area contributed by atoms with Gasteiger partial charge in [-0.2, -0.15) is 0 Å². The van der Waals surface area contributed by atoms with Crippen molar-refractivity contribution >= 4 is 6.21 Å². The van der Waals surface area contributed by atoms with E-state index in [9.17, 15) is 5.11 Å². The molecule has 0 spiro atoms. The van der Waals surface area contributed by atoms with Gasteiger partial charge in [-0.25, -0.2) is 0 Å². The first-order valence-corrected chi connectivity index (χ1v) is 7.71. The zero-order valence-electron chi connectivity index (χ0n) is 12.1. The van der Waals surface area contributed by atoms with E-state index in [0.717, 1.165) is 13.0 Å². The van der Waals surface area contributed by atoms with Crippen molar-refractivity contribution < 1.29 is 5.11 Å². The Morgan fingerprint density at radius 2 is 1.78 bits per heavy atom. The number of hydrogen-bond acceptors (Lipinski definition) is 3. The van der Waals surface area contributed by atoms with Gasteiger partial charge in [0.15, 0.2) is 0 Å². The number of rotatable bonds is 10. The summed E-state index contributed by atoms with van der Waals surface area (Å²) in [6.45, 7) is 4.89. The molecular weight excluding hydrogens is 224 g/mol. The highest BCUT2D eigenvalue weighted by molar-refractivity contribution is 5.62. The average Bonchev–Trinajstić information content (AvgIpc) is 2.81. The molecule has 0 aromatic heterocycles. The summed E-state index contributed by atoms with van der Waals surface area (Å²) in [5.74, 6) is 0. The maximum absolute atomic E-state index is 9.59. The fraction of sp³-hybridized carbons (Fsp3) is 0.933. The van der Waals surface area contributed by atoms with E-state index >= 15 is 0 Å². The molecule has 18 heavy (non-hydrogen) atoms. The third-order valence-electron chi connectivity index (χ3n) is 3.75. The smallest absolute Gasteiger partial charge is 0.106 e. The topological polar surface area (TPSA) is 35.8 Å². The van der Waals surface area contributed by atoms with Gasteiger partial charge in [0.25, 0.3) is 0 Å². The molecule has 0 aliphatic carbocycles. The highest BCUT2D eigenvalue weighted by Crippen LogP contribution is 2.17. The number of aliphatic imine (C=N–C) groups is 1. The minimum absolute atomic E-state index is 0.227. The Balaban J connectivity index is 1.96. The first-order valence-electron chi connectivity index (χ1n) is 7.71. The zero-order chi connectivity index (χ0) is 13.2. The molecule has 1 aliphatic heterocycles. The van der Waals surface area contributed by atoms with Crippen LogP contribution < -0.4 is 0 Å². The van der Waals surface area contributed by atoms with Crippen LogP contribution in [0, 0.1) is 0 Å². The van der Waals surface area contributed by atoms with Crippen molar-refractivity contribution in [1.29, 1.82) is 0 Å². The zero-order valence-corrected chi connectivity index (χ0v) is 12.1. The maximum Gasteiger partial charge on any atom is 0.106 e. The Bertz CT molecular complexity index is 229. The highest BCUT2D eigenvalue weighted by atomic mass is 16.3. The minimum atomic E-state index is -0.369. The molecule has 0 amide bonds. The van der Waals surface area contributed by atoms with E-state index in [1.807, 2.05) is 13.1 Å². The Labute approximate surface area is 112 Å². The summed E-state index contributed by atoms with van der Waals surface area (Å²) < 4.78 is 0. The second-order valence-corrected chi connectivity index (χ2v) is 5.40. The lowest BCUT2D eigenvalue weighted by Gasteiger charge is -2.25. The second-order valence-electron chi connectivity index (χ2n) is 5.40. The number of nitrogens with zero attached hydrogens (tertiary/aromatic N) is 2. The van der Waals surface area contributed by atoms with Crippen LogP contribution in [0.4, 0.5) is 0 Å². The summed E-state index contributed by atoms with van der Waals surface area (Å²) in [4.78, 5) is 6.49. The third kappa shape index (κ3) is 5.96. The van der Waals surface area contributed by atoms with Crippen LogP contribution in [0.2, 0.25) is 0 Å². The van der Waals surface area contributed by atoms with Gasteiger partial charge in [-0.3, -0.25) is 9.89 Å². The molecule has 1 rings (SSSR count). The van der Waals surface area contributed by atoms with Crippen molar-refractivity contribution in [2.24, 2.45) is 4.99 Å². The van der Waals surface area contributed by atoms with E-state index in [1.165, 1.54) is 51.4 Å². The maximum atomic E-state index is 9.59. The molecule has 0 bridgehead atoms. The van der Waals surface area contributed by atoms with Gasteiger partial charge in [0.2, 0.25) is 0 Å². The van der Waals surface area contributed by atoms with Crippen LogP contribution in [-0.4, -0.2) is 35.2 Å². The summed E-state index contributed by atoms with van der Waals surface area (Å²) in [7, 11) is 0. The Morgan fingerprint density at radius 3 is 2.39 bits per heavy atom. The molecule has 1 aliphatic rings. The number of unbranched alkanes of at least 4 members (excludes halogenated alkanes) is 7. The van der Waals surface area contributed by atoms with E-state index in [2.05, 4.69) is 16.8 Å². The van der Waals surface area contributed by atoms with E-state index in [-0.39, 0.29) is 12.4 Å². The van der Waals surface area contributed by atoms with Crippen molar-refractivity contribution in [3.05, 3.63) is 0 Å². The van der Waals surface area contributed by atoms with Crippen LogP contribution in [-0.2, 0) is 0 Å². The van der Waals surface area contributed by atoms with Gasteiger partial charge < -0.3 is 5.11 Å². The summed E-state index contributed by atoms with van der Waals surface area (Å²) >= 11 is 0. The molecule has 0 aromatic carbocycles. The van der Waals surface area contributed by atoms with Crippen molar-refractivity contribution in [2.75, 3.05) is 6.54 Å². The average molecular weight is 254 g/mol. The molecule has 0 aromatic rings. The second kappa shape index (κ2) is 9.51. The van der Waals surface area contributed by atoms with Crippen LogP contribution in [0.25, 0.3) is 0 Å². The molecule has 3 nitrogen and oxygen atoms in total. The normalized spacial score (nSPS) is 21.6. The van der Waals surface area contributed by atoms with Gasteiger partial charge in [-0.05, 0) is 19.8 Å².